The van der Waals surface area contributed by atoms with E-state index in [9.17, 15) is 18.0 Å². The number of carbonyl (C=O) groups excluding carboxylic acids is 1. The number of nitrogens with one attached hydrogen (secondary N) is 1. The minimum Gasteiger partial charge on any atom is -0.392 e. The van der Waals surface area contributed by atoms with E-state index in [4.69, 9.17) is 5.11 Å². The van der Waals surface area contributed by atoms with Crippen molar-refractivity contribution in [3.8, 4) is 0 Å². The van der Waals surface area contributed by atoms with E-state index in [0.29, 0.717) is 11.3 Å². The van der Waals surface area contributed by atoms with E-state index >= 15 is 0 Å². The number of alkyl halides is 3. The van der Waals surface area contributed by atoms with E-state index in [2.05, 4.69) is 5.32 Å². The van der Waals surface area contributed by atoms with Crippen molar-refractivity contribution in [3.05, 3.63) is 59.7 Å². The van der Waals surface area contributed by atoms with Crippen LogP contribution >= 0.6 is 11.8 Å². The van der Waals surface area contributed by atoms with Crippen molar-refractivity contribution in [2.75, 3.05) is 5.32 Å². The number of amides is 1. The zero-order chi connectivity index (χ0) is 16.2. The van der Waals surface area contributed by atoms with Crippen molar-refractivity contribution in [3.63, 3.8) is 0 Å². The molecule has 0 bridgehead atoms. The van der Waals surface area contributed by atoms with Gasteiger partial charge in [-0.3, -0.25) is 4.79 Å². The van der Waals surface area contributed by atoms with Gasteiger partial charge in [0.2, 0.25) is 0 Å². The van der Waals surface area contributed by atoms with Gasteiger partial charge in [-0.25, -0.2) is 0 Å². The Labute approximate surface area is 129 Å². The third kappa shape index (κ3) is 4.78. The molecule has 0 unspecified atom stereocenters. The molecule has 0 aromatic heterocycles. The lowest BCUT2D eigenvalue weighted by molar-refractivity contribution is -0.0328. The van der Waals surface area contributed by atoms with Gasteiger partial charge in [-0.05, 0) is 53.7 Å². The molecule has 0 radical (unpaired) electrons. The van der Waals surface area contributed by atoms with Crippen LogP contribution in [0.2, 0.25) is 0 Å². The van der Waals surface area contributed by atoms with E-state index in [-0.39, 0.29) is 28.8 Å². The van der Waals surface area contributed by atoms with Crippen molar-refractivity contribution in [2.45, 2.75) is 17.0 Å². The maximum Gasteiger partial charge on any atom is 0.446 e. The SMILES string of the molecule is O=C(Nc1cccc(CO)c1)c1ccc(SC(F)(F)F)cc1. The Morgan fingerprint density at radius 2 is 1.82 bits per heavy atom. The molecule has 22 heavy (non-hydrogen) atoms. The van der Waals surface area contributed by atoms with Gasteiger partial charge in [0.05, 0.1) is 6.61 Å². The second-order valence-electron chi connectivity index (χ2n) is 4.38. The molecule has 0 aliphatic carbocycles. The first-order chi connectivity index (χ1) is 10.4. The second kappa shape index (κ2) is 6.85. The average molecular weight is 327 g/mol. The van der Waals surface area contributed by atoms with Crippen molar-refractivity contribution >= 4 is 23.4 Å². The number of rotatable bonds is 4. The predicted octanol–water partition coefficient (Wildman–Crippen LogP) is 4.04. The van der Waals surface area contributed by atoms with Crippen LogP contribution in [0.4, 0.5) is 18.9 Å². The highest BCUT2D eigenvalue weighted by Crippen LogP contribution is 2.36. The van der Waals surface area contributed by atoms with Crippen LogP contribution in [0.5, 0.6) is 0 Å². The number of carbonyl (C=O) groups is 1. The molecule has 0 atom stereocenters. The molecule has 2 rings (SSSR count). The number of thioether (sulfide) groups is 1. The van der Waals surface area contributed by atoms with Crippen LogP contribution in [0.25, 0.3) is 0 Å². The Morgan fingerprint density at radius 3 is 2.41 bits per heavy atom. The summed E-state index contributed by atoms with van der Waals surface area (Å²) in [4.78, 5) is 12.0. The van der Waals surface area contributed by atoms with Gasteiger partial charge in [-0.1, -0.05) is 12.1 Å². The summed E-state index contributed by atoms with van der Waals surface area (Å²) in [5, 5.41) is 11.7. The lowest BCUT2D eigenvalue weighted by Crippen LogP contribution is -2.12. The first kappa shape index (κ1) is 16.4. The minimum atomic E-state index is -4.35. The largest absolute Gasteiger partial charge is 0.446 e. The number of anilines is 1. The Morgan fingerprint density at radius 1 is 1.14 bits per heavy atom. The van der Waals surface area contributed by atoms with Crippen LogP contribution in [-0.4, -0.2) is 16.5 Å². The minimum absolute atomic E-state index is 0.0197. The molecule has 0 saturated heterocycles. The molecule has 7 heteroatoms. The summed E-state index contributed by atoms with van der Waals surface area (Å²) < 4.78 is 36.7. The maximum absolute atomic E-state index is 12.2. The molecule has 0 fully saturated rings. The second-order valence-corrected chi connectivity index (χ2v) is 5.52. The molecule has 2 N–H and O–H groups in total. The first-order valence-corrected chi connectivity index (χ1v) is 7.06. The van der Waals surface area contributed by atoms with Crippen LogP contribution in [-0.2, 0) is 6.61 Å². The number of aliphatic hydroxyl groups is 1. The monoisotopic (exact) mass is 327 g/mol. The third-order valence-corrected chi connectivity index (χ3v) is 3.46. The fraction of sp³-hybridized carbons (Fsp3) is 0.133. The van der Waals surface area contributed by atoms with E-state index in [1.54, 1.807) is 24.3 Å². The average Bonchev–Trinajstić information content (AvgIpc) is 2.46. The lowest BCUT2D eigenvalue weighted by Gasteiger charge is -2.08. The van der Waals surface area contributed by atoms with E-state index < -0.39 is 11.4 Å². The Hall–Kier alpha value is -1.99. The van der Waals surface area contributed by atoms with Crippen LogP contribution in [0.3, 0.4) is 0 Å². The molecule has 116 valence electrons. The smallest absolute Gasteiger partial charge is 0.392 e. The summed E-state index contributed by atoms with van der Waals surface area (Å²) in [5.41, 5.74) is -2.95. The molecule has 2 aromatic rings. The topological polar surface area (TPSA) is 49.3 Å². The molecule has 0 heterocycles. The Kier molecular flexibility index (Phi) is 5.10. The number of hydrogen-bond donors (Lipinski definition) is 2. The molecule has 0 aliphatic heterocycles. The van der Waals surface area contributed by atoms with Crippen LogP contribution in [0.1, 0.15) is 15.9 Å². The first-order valence-electron chi connectivity index (χ1n) is 6.24. The quantitative estimate of drug-likeness (QED) is 0.833. The molecule has 0 aliphatic rings. The predicted molar refractivity (Wildman–Crippen MR) is 78.7 cm³/mol. The molecular formula is C15H12F3NO2S. The van der Waals surface area contributed by atoms with Gasteiger partial charge < -0.3 is 10.4 Å². The Balaban J connectivity index is 2.06. The van der Waals surface area contributed by atoms with Crippen LogP contribution in [0, 0.1) is 0 Å². The van der Waals surface area contributed by atoms with E-state index in [1.807, 2.05) is 0 Å². The van der Waals surface area contributed by atoms with Gasteiger partial charge >= 0.3 is 5.51 Å². The van der Waals surface area contributed by atoms with E-state index in [0.717, 1.165) is 0 Å². The van der Waals surface area contributed by atoms with Crippen LogP contribution < -0.4 is 5.32 Å². The number of benzene rings is 2. The normalized spacial score (nSPS) is 11.3. The maximum atomic E-state index is 12.2. The van der Waals surface area contributed by atoms with Crippen molar-refractivity contribution in [1.82, 2.24) is 0 Å². The third-order valence-electron chi connectivity index (χ3n) is 2.72. The highest BCUT2D eigenvalue weighted by atomic mass is 32.2. The van der Waals surface area contributed by atoms with Crippen molar-refractivity contribution in [2.24, 2.45) is 0 Å². The molecule has 0 spiro atoms. The zero-order valence-corrected chi connectivity index (χ0v) is 12.0. The fourth-order valence-corrected chi connectivity index (χ4v) is 2.30. The van der Waals surface area contributed by atoms with Gasteiger partial charge in [0.25, 0.3) is 5.91 Å². The number of hydrogen-bond acceptors (Lipinski definition) is 3. The summed E-state index contributed by atoms with van der Waals surface area (Å²) in [6.07, 6.45) is 0. The van der Waals surface area contributed by atoms with Gasteiger partial charge in [0.1, 0.15) is 0 Å². The molecule has 0 saturated carbocycles. The highest BCUT2D eigenvalue weighted by molar-refractivity contribution is 8.00. The zero-order valence-electron chi connectivity index (χ0n) is 11.2. The standard InChI is InChI=1S/C15H12F3NO2S/c16-15(17,18)22-13-6-4-11(5-7-13)14(21)19-12-3-1-2-10(8-12)9-20/h1-8,20H,9H2,(H,19,21). The van der Waals surface area contributed by atoms with Gasteiger partial charge in [0, 0.05) is 16.1 Å². The molecule has 2 aromatic carbocycles. The van der Waals surface area contributed by atoms with Crippen molar-refractivity contribution in [1.29, 1.82) is 0 Å². The van der Waals surface area contributed by atoms with Gasteiger partial charge in [-0.15, -0.1) is 0 Å². The number of halogens is 3. The Bertz CT molecular complexity index is 657. The van der Waals surface area contributed by atoms with Crippen LogP contribution in [0.15, 0.2) is 53.4 Å². The summed E-state index contributed by atoms with van der Waals surface area (Å²) in [6, 6.07) is 11.8. The summed E-state index contributed by atoms with van der Waals surface area (Å²) in [5.74, 6) is -0.432. The molecule has 1 amide bonds. The fourth-order valence-electron chi connectivity index (χ4n) is 1.76. The molecule has 3 nitrogen and oxygen atoms in total. The van der Waals surface area contributed by atoms with Gasteiger partial charge in [0.15, 0.2) is 0 Å². The summed E-state index contributed by atoms with van der Waals surface area (Å²) in [7, 11) is 0. The molecular weight excluding hydrogens is 315 g/mol. The highest BCUT2D eigenvalue weighted by Gasteiger charge is 2.29. The van der Waals surface area contributed by atoms with Crippen molar-refractivity contribution < 1.29 is 23.1 Å². The lowest BCUT2D eigenvalue weighted by atomic mass is 10.2. The van der Waals surface area contributed by atoms with E-state index in [1.165, 1.54) is 24.3 Å². The summed E-state index contributed by atoms with van der Waals surface area (Å²) >= 11 is -0.229. The van der Waals surface area contributed by atoms with Gasteiger partial charge in [-0.2, -0.15) is 13.2 Å². The number of aliphatic hydroxyl groups excluding tert-OH is 1. The summed E-state index contributed by atoms with van der Waals surface area (Å²) in [6.45, 7) is -0.146.